The van der Waals surface area contributed by atoms with Crippen molar-refractivity contribution in [2.75, 3.05) is 11.9 Å². The number of para-hydroxylation sites is 2. The third kappa shape index (κ3) is 7.01. The molecule has 2 aromatic carbocycles. The molecule has 0 unspecified atom stereocenters. The summed E-state index contributed by atoms with van der Waals surface area (Å²) < 4.78 is 46.4. The fourth-order valence-electron chi connectivity index (χ4n) is 2.20. The lowest BCUT2D eigenvalue weighted by atomic mass is 10.1. The van der Waals surface area contributed by atoms with Crippen molar-refractivity contribution in [2.45, 2.75) is 26.1 Å². The molecule has 2 rings (SSSR count). The molecule has 8 heteroatoms. The number of ketones is 1. The number of carbonyl (C=O) groups is 2. The van der Waals surface area contributed by atoms with E-state index in [1.54, 1.807) is 24.3 Å². The summed E-state index contributed by atoms with van der Waals surface area (Å²) in [5.74, 6) is -0.416. The number of benzene rings is 2. The van der Waals surface area contributed by atoms with Crippen LogP contribution in [0.4, 0.5) is 18.9 Å². The maximum atomic E-state index is 12.4. The van der Waals surface area contributed by atoms with E-state index < -0.39 is 18.0 Å². The lowest BCUT2D eigenvalue weighted by Gasteiger charge is -2.13. The number of nitrogens with one attached hydrogen (secondary N) is 1. The average molecular weight is 381 g/mol. The van der Waals surface area contributed by atoms with Crippen molar-refractivity contribution in [3.8, 4) is 11.5 Å². The number of hydrogen-bond acceptors (Lipinski definition) is 4. The Morgan fingerprint density at radius 1 is 1.04 bits per heavy atom. The maximum Gasteiger partial charge on any atom is 0.573 e. The van der Waals surface area contributed by atoms with Crippen LogP contribution in [0.5, 0.6) is 11.5 Å². The van der Waals surface area contributed by atoms with Crippen molar-refractivity contribution < 1.29 is 32.2 Å². The zero-order valence-corrected chi connectivity index (χ0v) is 14.5. The minimum atomic E-state index is -4.84. The van der Waals surface area contributed by atoms with E-state index in [-0.39, 0.29) is 24.5 Å². The van der Waals surface area contributed by atoms with Crippen LogP contribution in [-0.2, 0) is 4.79 Å². The number of anilines is 1. The van der Waals surface area contributed by atoms with Gasteiger partial charge in [0.1, 0.15) is 5.75 Å². The minimum absolute atomic E-state index is 0.0481. The summed E-state index contributed by atoms with van der Waals surface area (Å²) in [7, 11) is 0. The molecule has 27 heavy (non-hydrogen) atoms. The van der Waals surface area contributed by atoms with Gasteiger partial charge in [-0.1, -0.05) is 12.1 Å². The van der Waals surface area contributed by atoms with Gasteiger partial charge in [0.15, 0.2) is 11.5 Å². The molecule has 0 aliphatic rings. The smallest absolute Gasteiger partial charge is 0.494 e. The van der Waals surface area contributed by atoms with Crippen molar-refractivity contribution >= 4 is 17.4 Å². The Morgan fingerprint density at radius 2 is 1.70 bits per heavy atom. The first-order valence-electron chi connectivity index (χ1n) is 8.13. The molecular weight excluding hydrogens is 363 g/mol. The topological polar surface area (TPSA) is 64.6 Å². The van der Waals surface area contributed by atoms with Crippen LogP contribution in [0.25, 0.3) is 0 Å². The number of carbonyl (C=O) groups excluding carboxylic acids is 2. The molecule has 0 spiro atoms. The Balaban J connectivity index is 1.79. The van der Waals surface area contributed by atoms with Gasteiger partial charge in [-0.2, -0.15) is 0 Å². The molecule has 0 saturated carbocycles. The Labute approximate surface area is 154 Å². The normalized spacial score (nSPS) is 11.0. The Kier molecular flexibility index (Phi) is 6.81. The summed E-state index contributed by atoms with van der Waals surface area (Å²) in [5.41, 5.74) is 0.516. The molecule has 0 saturated heterocycles. The van der Waals surface area contributed by atoms with Crippen LogP contribution in [-0.4, -0.2) is 24.7 Å². The number of rotatable bonds is 8. The third-order valence-corrected chi connectivity index (χ3v) is 3.46. The van der Waals surface area contributed by atoms with Gasteiger partial charge in [0.25, 0.3) is 0 Å². The number of halogens is 3. The van der Waals surface area contributed by atoms with Crippen LogP contribution >= 0.6 is 0 Å². The molecular formula is C19H18F3NO4. The summed E-state index contributed by atoms with van der Waals surface area (Å²) in [5, 5.41) is 2.39. The van der Waals surface area contributed by atoms with Gasteiger partial charge in [-0.3, -0.25) is 9.59 Å². The van der Waals surface area contributed by atoms with Crippen molar-refractivity contribution in [2.24, 2.45) is 0 Å². The van der Waals surface area contributed by atoms with Gasteiger partial charge in [-0.05, 0) is 49.7 Å². The van der Waals surface area contributed by atoms with Crippen LogP contribution in [0.3, 0.4) is 0 Å². The van der Waals surface area contributed by atoms with Gasteiger partial charge in [0.05, 0.1) is 12.3 Å². The third-order valence-electron chi connectivity index (χ3n) is 3.46. The number of amides is 1. The van der Waals surface area contributed by atoms with Gasteiger partial charge in [0, 0.05) is 12.0 Å². The predicted molar refractivity (Wildman–Crippen MR) is 92.9 cm³/mol. The highest BCUT2D eigenvalue weighted by Gasteiger charge is 2.32. The van der Waals surface area contributed by atoms with Crippen LogP contribution in [0, 0.1) is 0 Å². The van der Waals surface area contributed by atoms with Gasteiger partial charge in [0.2, 0.25) is 5.91 Å². The molecule has 0 bridgehead atoms. The molecule has 0 aliphatic heterocycles. The van der Waals surface area contributed by atoms with E-state index in [2.05, 4.69) is 10.1 Å². The summed E-state index contributed by atoms with van der Waals surface area (Å²) in [6.45, 7) is 1.71. The zero-order chi connectivity index (χ0) is 19.9. The van der Waals surface area contributed by atoms with Gasteiger partial charge in [-0.25, -0.2) is 0 Å². The predicted octanol–water partition coefficient (Wildman–Crippen LogP) is 4.59. The van der Waals surface area contributed by atoms with Crippen molar-refractivity contribution in [3.63, 3.8) is 0 Å². The van der Waals surface area contributed by atoms with Crippen molar-refractivity contribution in [1.29, 1.82) is 0 Å². The van der Waals surface area contributed by atoms with E-state index >= 15 is 0 Å². The maximum absolute atomic E-state index is 12.4. The fraction of sp³-hybridized carbons (Fsp3) is 0.263. The lowest BCUT2D eigenvalue weighted by molar-refractivity contribution is -0.274. The zero-order valence-electron chi connectivity index (χ0n) is 14.5. The van der Waals surface area contributed by atoms with Gasteiger partial charge in [-0.15, -0.1) is 13.2 Å². The first kappa shape index (κ1) is 20.3. The number of alkyl halides is 3. The Bertz CT molecular complexity index is 788. The molecule has 0 aliphatic carbocycles. The Hall–Kier alpha value is -3.03. The standard InChI is InChI=1S/C19H18F3NO4/c1-13(24)14-8-10-15(11-9-14)26-12-4-7-18(25)23-16-5-2-3-6-17(16)27-19(20,21)22/h2-3,5-6,8-11H,4,7,12H2,1H3,(H,23,25). The molecule has 0 aromatic heterocycles. The molecule has 1 amide bonds. The first-order chi connectivity index (χ1) is 12.7. The molecule has 0 fully saturated rings. The van der Waals surface area contributed by atoms with E-state index in [0.29, 0.717) is 17.7 Å². The van der Waals surface area contributed by atoms with E-state index in [1.165, 1.54) is 25.1 Å². The van der Waals surface area contributed by atoms with Crippen LogP contribution in [0.15, 0.2) is 48.5 Å². The summed E-state index contributed by atoms with van der Waals surface area (Å²) in [6.07, 6.45) is -4.42. The molecule has 1 N–H and O–H groups in total. The summed E-state index contributed by atoms with van der Waals surface area (Å²) in [6, 6.07) is 11.9. The highest BCUT2D eigenvalue weighted by Crippen LogP contribution is 2.30. The van der Waals surface area contributed by atoms with Crippen LogP contribution < -0.4 is 14.8 Å². The molecule has 2 aromatic rings. The molecule has 0 atom stereocenters. The second-order valence-corrected chi connectivity index (χ2v) is 5.62. The minimum Gasteiger partial charge on any atom is -0.494 e. The molecule has 0 heterocycles. The largest absolute Gasteiger partial charge is 0.573 e. The summed E-state index contributed by atoms with van der Waals surface area (Å²) >= 11 is 0. The quantitative estimate of drug-likeness (QED) is 0.537. The van der Waals surface area contributed by atoms with Gasteiger partial charge >= 0.3 is 6.36 Å². The summed E-state index contributed by atoms with van der Waals surface area (Å²) in [4.78, 5) is 23.1. The van der Waals surface area contributed by atoms with E-state index in [4.69, 9.17) is 4.74 Å². The molecule has 5 nitrogen and oxygen atoms in total. The monoisotopic (exact) mass is 381 g/mol. The van der Waals surface area contributed by atoms with E-state index in [0.717, 1.165) is 6.07 Å². The van der Waals surface area contributed by atoms with E-state index in [9.17, 15) is 22.8 Å². The van der Waals surface area contributed by atoms with E-state index in [1.807, 2.05) is 0 Å². The fourth-order valence-corrected chi connectivity index (χ4v) is 2.20. The second-order valence-electron chi connectivity index (χ2n) is 5.62. The second kappa shape index (κ2) is 9.07. The van der Waals surface area contributed by atoms with Crippen molar-refractivity contribution in [3.05, 3.63) is 54.1 Å². The molecule has 144 valence electrons. The SMILES string of the molecule is CC(=O)c1ccc(OCCCC(=O)Nc2ccccc2OC(F)(F)F)cc1. The highest BCUT2D eigenvalue weighted by molar-refractivity contribution is 5.94. The Morgan fingerprint density at radius 3 is 2.33 bits per heavy atom. The van der Waals surface area contributed by atoms with Gasteiger partial charge < -0.3 is 14.8 Å². The highest BCUT2D eigenvalue weighted by atomic mass is 19.4. The number of hydrogen-bond donors (Lipinski definition) is 1. The van der Waals surface area contributed by atoms with Crippen molar-refractivity contribution in [1.82, 2.24) is 0 Å². The number of Topliss-reactive ketones (excluding diaryl/α,β-unsaturated/α-hetero) is 1. The average Bonchev–Trinajstić information content (AvgIpc) is 2.59. The van der Waals surface area contributed by atoms with Crippen LogP contribution in [0.2, 0.25) is 0 Å². The number of ether oxygens (including phenoxy) is 2. The lowest BCUT2D eigenvalue weighted by Crippen LogP contribution is -2.19. The molecule has 0 radical (unpaired) electrons. The van der Waals surface area contributed by atoms with Crippen LogP contribution in [0.1, 0.15) is 30.1 Å². The first-order valence-corrected chi connectivity index (χ1v) is 8.13.